The van der Waals surface area contributed by atoms with Crippen LogP contribution in [0.4, 0.5) is 8.78 Å². The monoisotopic (exact) mass is 501 g/mol. The Morgan fingerprint density at radius 1 is 1.06 bits per heavy atom. The molecular weight excluding hydrogens is 488 g/mol. The third kappa shape index (κ3) is 3.46. The van der Waals surface area contributed by atoms with E-state index < -0.39 is 6.29 Å². The lowest BCUT2D eigenvalue weighted by atomic mass is 9.98. The van der Waals surface area contributed by atoms with Crippen LogP contribution in [0.5, 0.6) is 11.5 Å². The van der Waals surface area contributed by atoms with Crippen LogP contribution in [-0.4, -0.2) is 27.3 Å². The highest BCUT2D eigenvalue weighted by Gasteiger charge is 2.43. The molecule has 1 aliphatic heterocycles. The Kier molecular flexibility index (Phi) is 4.63. The molecule has 0 radical (unpaired) electrons. The van der Waals surface area contributed by atoms with Crippen LogP contribution in [0.2, 0.25) is 0 Å². The van der Waals surface area contributed by atoms with E-state index >= 15 is 0 Å². The Morgan fingerprint density at radius 3 is 2.59 bits per heavy atom. The maximum absolute atomic E-state index is 13.5. The van der Waals surface area contributed by atoms with Crippen LogP contribution in [0.3, 0.4) is 0 Å². The maximum Gasteiger partial charge on any atom is 0.586 e. The normalized spacial score (nSPS) is 14.0. The Hall–Kier alpha value is -3.53. The minimum absolute atomic E-state index is 0.0556. The molecule has 4 aromatic rings. The van der Waals surface area contributed by atoms with Gasteiger partial charge in [0.05, 0.1) is 5.69 Å². The van der Waals surface area contributed by atoms with Crippen molar-refractivity contribution in [2.24, 2.45) is 7.05 Å². The molecule has 0 saturated heterocycles. The molecule has 5 rings (SSSR count). The van der Waals surface area contributed by atoms with Crippen LogP contribution in [0.15, 0.2) is 51.4 Å². The molecule has 0 fully saturated rings. The summed E-state index contributed by atoms with van der Waals surface area (Å²) < 4.78 is 44.3. The lowest BCUT2D eigenvalue weighted by molar-refractivity contribution is -0.286. The fourth-order valence-corrected chi connectivity index (χ4v) is 3.99. The number of carbonyl (C=O) groups excluding carboxylic acids is 1. The van der Waals surface area contributed by atoms with Crippen molar-refractivity contribution in [1.82, 2.24) is 14.8 Å². The van der Waals surface area contributed by atoms with Crippen molar-refractivity contribution in [2.75, 3.05) is 0 Å². The highest BCUT2D eigenvalue weighted by atomic mass is 79.9. The molecule has 0 N–H and O–H groups in total. The van der Waals surface area contributed by atoms with Crippen molar-refractivity contribution < 1.29 is 27.5 Å². The van der Waals surface area contributed by atoms with Gasteiger partial charge in [-0.15, -0.1) is 8.78 Å². The number of carbonyl (C=O) groups is 1. The summed E-state index contributed by atoms with van der Waals surface area (Å²) in [6.07, 6.45) is -3.04. The van der Waals surface area contributed by atoms with E-state index in [1.807, 2.05) is 18.2 Å². The topological polar surface area (TPSA) is 79.4 Å². The number of aldehydes is 1. The van der Waals surface area contributed by atoms with Crippen LogP contribution in [0.1, 0.15) is 16.4 Å². The van der Waals surface area contributed by atoms with Crippen LogP contribution >= 0.6 is 15.9 Å². The van der Waals surface area contributed by atoms with E-state index in [0.717, 1.165) is 10.0 Å². The average molecular weight is 502 g/mol. The smallest absolute Gasteiger partial charge is 0.440 e. The maximum atomic E-state index is 13.5. The van der Waals surface area contributed by atoms with Crippen LogP contribution in [0, 0.1) is 6.92 Å². The zero-order valence-electron chi connectivity index (χ0n) is 16.7. The van der Waals surface area contributed by atoms with E-state index in [2.05, 4.69) is 35.5 Å². The van der Waals surface area contributed by atoms with Gasteiger partial charge in [0.15, 0.2) is 29.4 Å². The minimum Gasteiger partial charge on any atom is -0.440 e. The van der Waals surface area contributed by atoms with E-state index in [9.17, 15) is 13.6 Å². The molecule has 0 saturated carbocycles. The zero-order chi connectivity index (χ0) is 22.6. The molecule has 3 heterocycles. The van der Waals surface area contributed by atoms with Crippen LogP contribution < -0.4 is 9.47 Å². The number of aromatic nitrogens is 3. The van der Waals surface area contributed by atoms with Crippen LogP contribution in [0.25, 0.3) is 33.8 Å². The number of nitrogens with zero attached hydrogens (tertiary/aromatic N) is 3. The first-order valence-corrected chi connectivity index (χ1v) is 10.2. The number of ether oxygens (including phenoxy) is 2. The van der Waals surface area contributed by atoms with Gasteiger partial charge in [-0.25, -0.2) is 4.98 Å². The molecule has 0 spiro atoms. The standard InChI is InChI=1S/C22H14BrF2N3O4/c1-11-26-20(12-3-6-18-19(7-12)32-22(24,25)31-18)21(30-11)16-8-13(23)4-5-15(16)17-9-14(10-29)27-28(17)2/h3-10H,1-2H3. The predicted molar refractivity (Wildman–Crippen MR) is 114 cm³/mol. The molecule has 2 aromatic heterocycles. The second kappa shape index (κ2) is 7.27. The van der Waals surface area contributed by atoms with Crippen LogP contribution in [-0.2, 0) is 7.05 Å². The number of benzene rings is 2. The second-order valence-electron chi connectivity index (χ2n) is 7.13. The molecule has 0 bridgehead atoms. The van der Waals surface area contributed by atoms with E-state index in [4.69, 9.17) is 4.42 Å². The predicted octanol–water partition coefficient (Wildman–Crippen LogP) is 5.61. The third-order valence-corrected chi connectivity index (χ3v) is 5.42. The van der Waals surface area contributed by atoms with Gasteiger partial charge in [-0.3, -0.25) is 9.48 Å². The number of halogens is 3. The number of fused-ring (bicyclic) bond motifs is 1. The summed E-state index contributed by atoms with van der Waals surface area (Å²) in [4.78, 5) is 15.7. The Bertz CT molecular complexity index is 1380. The molecule has 0 aliphatic carbocycles. The number of hydrogen-bond acceptors (Lipinski definition) is 6. The number of aryl methyl sites for hydroxylation is 2. The van der Waals surface area contributed by atoms with Gasteiger partial charge in [-0.1, -0.05) is 22.0 Å². The quantitative estimate of drug-likeness (QED) is 0.338. The first kappa shape index (κ1) is 20.4. The van der Waals surface area contributed by atoms with Gasteiger partial charge in [-0.2, -0.15) is 5.10 Å². The Balaban J connectivity index is 1.68. The van der Waals surface area contributed by atoms with E-state index in [0.29, 0.717) is 46.1 Å². The van der Waals surface area contributed by atoms with Crippen molar-refractivity contribution in [2.45, 2.75) is 13.2 Å². The fraction of sp³-hybridized carbons (Fsp3) is 0.136. The summed E-state index contributed by atoms with van der Waals surface area (Å²) in [5.41, 5.74) is 3.38. The zero-order valence-corrected chi connectivity index (χ0v) is 18.3. The van der Waals surface area contributed by atoms with Crippen molar-refractivity contribution in [1.29, 1.82) is 0 Å². The average Bonchev–Trinajstić information content (AvgIpc) is 3.40. The number of alkyl halides is 2. The molecule has 7 nitrogen and oxygen atoms in total. The number of rotatable bonds is 4. The molecule has 32 heavy (non-hydrogen) atoms. The first-order chi connectivity index (χ1) is 15.2. The molecule has 1 aliphatic rings. The van der Waals surface area contributed by atoms with Gasteiger partial charge in [0.1, 0.15) is 11.4 Å². The van der Waals surface area contributed by atoms with E-state index in [1.54, 1.807) is 30.8 Å². The highest BCUT2D eigenvalue weighted by Crippen LogP contribution is 2.45. The molecule has 2 aromatic carbocycles. The highest BCUT2D eigenvalue weighted by molar-refractivity contribution is 9.10. The van der Waals surface area contributed by atoms with Crippen molar-refractivity contribution in [3.63, 3.8) is 0 Å². The van der Waals surface area contributed by atoms with Gasteiger partial charge >= 0.3 is 6.29 Å². The number of oxazole rings is 1. The summed E-state index contributed by atoms with van der Waals surface area (Å²) >= 11 is 3.48. The van der Waals surface area contributed by atoms with Gasteiger partial charge in [0, 0.05) is 35.1 Å². The van der Waals surface area contributed by atoms with E-state index in [1.165, 1.54) is 12.1 Å². The van der Waals surface area contributed by atoms with Crippen molar-refractivity contribution in [3.05, 3.63) is 58.5 Å². The lowest BCUT2D eigenvalue weighted by Gasteiger charge is -2.10. The Labute approximate surface area is 188 Å². The van der Waals surface area contributed by atoms with Gasteiger partial charge in [0.25, 0.3) is 0 Å². The minimum atomic E-state index is -3.71. The van der Waals surface area contributed by atoms with Crippen molar-refractivity contribution in [3.8, 4) is 45.3 Å². The fourth-order valence-electron chi connectivity index (χ4n) is 3.63. The SMILES string of the molecule is Cc1nc(-c2ccc3c(c2)OC(F)(F)O3)c(-c2cc(Br)ccc2-c2cc(C=O)nn2C)o1. The van der Waals surface area contributed by atoms with E-state index in [-0.39, 0.29) is 11.5 Å². The number of hydrogen-bond donors (Lipinski definition) is 0. The lowest BCUT2D eigenvalue weighted by Crippen LogP contribution is -2.25. The summed E-state index contributed by atoms with van der Waals surface area (Å²) in [7, 11) is 1.73. The molecule has 10 heteroatoms. The van der Waals surface area contributed by atoms with Gasteiger partial charge in [0.2, 0.25) is 0 Å². The Morgan fingerprint density at radius 2 is 1.84 bits per heavy atom. The summed E-state index contributed by atoms with van der Waals surface area (Å²) in [6, 6.07) is 11.7. The summed E-state index contributed by atoms with van der Waals surface area (Å²) in [5.74, 6) is 0.677. The van der Waals surface area contributed by atoms with Gasteiger partial charge < -0.3 is 13.9 Å². The molecule has 0 atom stereocenters. The van der Waals surface area contributed by atoms with Gasteiger partial charge in [-0.05, 0) is 36.4 Å². The summed E-state index contributed by atoms with van der Waals surface area (Å²) in [5, 5.41) is 4.19. The third-order valence-electron chi connectivity index (χ3n) is 4.93. The summed E-state index contributed by atoms with van der Waals surface area (Å²) in [6.45, 7) is 1.69. The molecule has 0 amide bonds. The first-order valence-electron chi connectivity index (χ1n) is 9.41. The largest absolute Gasteiger partial charge is 0.586 e. The molecular formula is C22H14BrF2N3O4. The molecule has 162 valence electrons. The second-order valence-corrected chi connectivity index (χ2v) is 8.04. The molecule has 0 unspecified atom stereocenters. The van der Waals surface area contributed by atoms with Crippen molar-refractivity contribution >= 4 is 22.2 Å².